The van der Waals surface area contributed by atoms with E-state index in [-0.39, 0.29) is 0 Å². The summed E-state index contributed by atoms with van der Waals surface area (Å²) in [5, 5.41) is 0. The van der Waals surface area contributed by atoms with E-state index in [0.717, 1.165) is 10.0 Å². The monoisotopic (exact) mass is 286 g/mol. The number of rotatable bonds is 3. The average Bonchev–Trinajstić information content (AvgIpc) is 2.82. The molecule has 1 aromatic rings. The molecule has 16 heavy (non-hydrogen) atoms. The summed E-state index contributed by atoms with van der Waals surface area (Å²) >= 11 is 3.41. The van der Waals surface area contributed by atoms with E-state index in [4.69, 9.17) is 18.9 Å². The predicted octanol–water partition coefficient (Wildman–Crippen LogP) is 2.98. The molecule has 5 heteroatoms. The summed E-state index contributed by atoms with van der Waals surface area (Å²) in [4.78, 5) is 0. The zero-order valence-corrected chi connectivity index (χ0v) is 10.5. The fraction of sp³-hybridized carbons (Fsp3) is 0.273. The number of benzene rings is 1. The topological polar surface area (TPSA) is 36.9 Å². The van der Waals surface area contributed by atoms with Gasteiger partial charge in [0.2, 0.25) is 0 Å². The Morgan fingerprint density at radius 1 is 1.06 bits per heavy atom. The number of hydrogen-bond donors (Lipinski definition) is 0. The second-order valence-corrected chi connectivity index (χ2v) is 3.96. The van der Waals surface area contributed by atoms with Gasteiger partial charge in [-0.3, -0.25) is 0 Å². The SMILES string of the molecule is COc1cc(OC)c(C2OC=CO2)cc1Br. The minimum Gasteiger partial charge on any atom is -0.496 e. The first-order chi connectivity index (χ1) is 7.76. The van der Waals surface area contributed by atoms with E-state index in [1.165, 1.54) is 12.5 Å². The van der Waals surface area contributed by atoms with Gasteiger partial charge in [-0.25, -0.2) is 0 Å². The predicted molar refractivity (Wildman–Crippen MR) is 61.3 cm³/mol. The van der Waals surface area contributed by atoms with E-state index < -0.39 is 6.29 Å². The molecule has 0 atom stereocenters. The molecule has 1 aliphatic rings. The van der Waals surface area contributed by atoms with Gasteiger partial charge in [0, 0.05) is 6.07 Å². The quantitative estimate of drug-likeness (QED) is 0.856. The van der Waals surface area contributed by atoms with Gasteiger partial charge in [-0.1, -0.05) is 0 Å². The fourth-order valence-corrected chi connectivity index (χ4v) is 1.98. The summed E-state index contributed by atoms with van der Waals surface area (Å²) in [6, 6.07) is 3.64. The molecule has 0 spiro atoms. The Morgan fingerprint density at radius 3 is 2.25 bits per heavy atom. The molecule has 0 fully saturated rings. The van der Waals surface area contributed by atoms with Crippen LogP contribution in [0.3, 0.4) is 0 Å². The van der Waals surface area contributed by atoms with Crippen molar-refractivity contribution < 1.29 is 18.9 Å². The maximum Gasteiger partial charge on any atom is 0.269 e. The maximum atomic E-state index is 5.27. The highest BCUT2D eigenvalue weighted by Crippen LogP contribution is 2.38. The molecule has 0 amide bonds. The number of hydrogen-bond acceptors (Lipinski definition) is 4. The van der Waals surface area contributed by atoms with Crippen molar-refractivity contribution in [1.29, 1.82) is 0 Å². The zero-order chi connectivity index (χ0) is 11.5. The number of ether oxygens (including phenoxy) is 4. The minimum atomic E-state index is -0.461. The van der Waals surface area contributed by atoms with E-state index in [1.807, 2.05) is 6.07 Å². The Labute approximate surface area is 102 Å². The maximum absolute atomic E-state index is 5.27. The average molecular weight is 287 g/mol. The molecular formula is C11H11BrO4. The third-order valence-corrected chi connectivity index (χ3v) is 2.84. The van der Waals surface area contributed by atoms with Crippen LogP contribution < -0.4 is 9.47 Å². The van der Waals surface area contributed by atoms with Crippen LogP contribution in [-0.4, -0.2) is 14.2 Å². The molecule has 0 radical (unpaired) electrons. The Morgan fingerprint density at radius 2 is 1.69 bits per heavy atom. The lowest BCUT2D eigenvalue weighted by atomic mass is 10.2. The summed E-state index contributed by atoms with van der Waals surface area (Å²) < 4.78 is 21.8. The van der Waals surface area contributed by atoms with E-state index in [9.17, 15) is 0 Å². The van der Waals surface area contributed by atoms with Crippen LogP contribution in [0.2, 0.25) is 0 Å². The summed E-state index contributed by atoms with van der Waals surface area (Å²) in [5.74, 6) is 1.36. The molecule has 0 saturated carbocycles. The van der Waals surface area contributed by atoms with Crippen LogP contribution in [0, 0.1) is 0 Å². The standard InChI is InChI=1S/C11H11BrO4/c1-13-9-6-10(14-2)8(12)5-7(9)11-15-3-4-16-11/h3-6,11H,1-2H3. The highest BCUT2D eigenvalue weighted by molar-refractivity contribution is 9.10. The first kappa shape index (κ1) is 11.1. The van der Waals surface area contributed by atoms with Gasteiger partial charge in [-0.2, -0.15) is 0 Å². The lowest BCUT2D eigenvalue weighted by Crippen LogP contribution is -2.02. The van der Waals surface area contributed by atoms with E-state index in [1.54, 1.807) is 20.3 Å². The Balaban J connectivity index is 2.39. The number of halogens is 1. The molecule has 0 aliphatic carbocycles. The van der Waals surface area contributed by atoms with Crippen LogP contribution in [0.25, 0.3) is 0 Å². The summed E-state index contributed by atoms with van der Waals surface area (Å²) in [5.41, 5.74) is 0.806. The van der Waals surface area contributed by atoms with Gasteiger partial charge in [-0.05, 0) is 22.0 Å². The molecule has 4 nitrogen and oxygen atoms in total. The summed E-state index contributed by atoms with van der Waals surface area (Å²) in [6.45, 7) is 0. The van der Waals surface area contributed by atoms with Crippen molar-refractivity contribution in [2.75, 3.05) is 14.2 Å². The highest BCUT2D eigenvalue weighted by Gasteiger charge is 2.22. The first-order valence-corrected chi connectivity index (χ1v) is 5.43. The van der Waals surface area contributed by atoms with Gasteiger partial charge in [-0.15, -0.1) is 0 Å². The molecule has 0 unspecified atom stereocenters. The normalized spacial score (nSPS) is 14.4. The van der Waals surface area contributed by atoms with Crippen molar-refractivity contribution in [3.63, 3.8) is 0 Å². The van der Waals surface area contributed by atoms with Gasteiger partial charge in [0.1, 0.15) is 24.0 Å². The van der Waals surface area contributed by atoms with Gasteiger partial charge >= 0.3 is 0 Å². The number of methoxy groups -OCH3 is 2. The van der Waals surface area contributed by atoms with Gasteiger partial charge in [0.25, 0.3) is 6.29 Å². The largest absolute Gasteiger partial charge is 0.496 e. The lowest BCUT2D eigenvalue weighted by Gasteiger charge is -2.16. The van der Waals surface area contributed by atoms with E-state index >= 15 is 0 Å². The Hall–Kier alpha value is -1.36. The van der Waals surface area contributed by atoms with E-state index in [0.29, 0.717) is 11.5 Å². The minimum absolute atomic E-state index is 0.461. The molecule has 1 aliphatic heterocycles. The van der Waals surface area contributed by atoms with Gasteiger partial charge in [0.05, 0.1) is 24.3 Å². The molecular weight excluding hydrogens is 276 g/mol. The third-order valence-electron chi connectivity index (χ3n) is 2.22. The second-order valence-electron chi connectivity index (χ2n) is 3.10. The molecule has 0 aromatic heterocycles. The zero-order valence-electron chi connectivity index (χ0n) is 8.90. The molecule has 86 valence electrons. The molecule has 0 bridgehead atoms. The Kier molecular flexibility index (Phi) is 3.24. The van der Waals surface area contributed by atoms with Gasteiger partial charge in [0.15, 0.2) is 0 Å². The van der Waals surface area contributed by atoms with Crippen LogP contribution in [-0.2, 0) is 9.47 Å². The summed E-state index contributed by atoms with van der Waals surface area (Å²) in [6.07, 6.45) is 2.54. The van der Waals surface area contributed by atoms with E-state index in [2.05, 4.69) is 15.9 Å². The lowest BCUT2D eigenvalue weighted by molar-refractivity contribution is -0.0261. The van der Waals surface area contributed by atoms with Crippen LogP contribution in [0.4, 0.5) is 0 Å². The van der Waals surface area contributed by atoms with Crippen molar-refractivity contribution >= 4 is 15.9 Å². The van der Waals surface area contributed by atoms with Crippen LogP contribution >= 0.6 is 15.9 Å². The van der Waals surface area contributed by atoms with Crippen molar-refractivity contribution in [3.05, 3.63) is 34.7 Å². The third kappa shape index (κ3) is 1.95. The smallest absolute Gasteiger partial charge is 0.269 e. The first-order valence-electron chi connectivity index (χ1n) is 4.63. The molecule has 2 rings (SSSR count). The fourth-order valence-electron chi connectivity index (χ4n) is 1.45. The van der Waals surface area contributed by atoms with Crippen LogP contribution in [0.15, 0.2) is 29.1 Å². The highest BCUT2D eigenvalue weighted by atomic mass is 79.9. The Bertz CT molecular complexity index is 409. The van der Waals surface area contributed by atoms with Gasteiger partial charge < -0.3 is 18.9 Å². The molecule has 0 N–H and O–H groups in total. The molecule has 1 aromatic carbocycles. The van der Waals surface area contributed by atoms with Crippen LogP contribution in [0.1, 0.15) is 11.9 Å². The summed E-state index contributed by atoms with van der Waals surface area (Å²) in [7, 11) is 3.19. The molecule has 0 saturated heterocycles. The van der Waals surface area contributed by atoms with Crippen LogP contribution in [0.5, 0.6) is 11.5 Å². The molecule has 1 heterocycles. The van der Waals surface area contributed by atoms with Crippen molar-refractivity contribution in [3.8, 4) is 11.5 Å². The van der Waals surface area contributed by atoms with Crippen molar-refractivity contribution in [1.82, 2.24) is 0 Å². The van der Waals surface area contributed by atoms with Crippen molar-refractivity contribution in [2.45, 2.75) is 6.29 Å². The second kappa shape index (κ2) is 4.65. The van der Waals surface area contributed by atoms with Crippen molar-refractivity contribution in [2.24, 2.45) is 0 Å².